The summed E-state index contributed by atoms with van der Waals surface area (Å²) in [6.45, 7) is 1.54. The van der Waals surface area contributed by atoms with E-state index < -0.39 is 0 Å². The van der Waals surface area contributed by atoms with Gasteiger partial charge in [0.2, 0.25) is 0 Å². The van der Waals surface area contributed by atoms with E-state index in [0.29, 0.717) is 41.1 Å². The van der Waals surface area contributed by atoms with Gasteiger partial charge in [-0.25, -0.2) is 9.78 Å². The van der Waals surface area contributed by atoms with Gasteiger partial charge in [-0.3, -0.25) is 4.79 Å². The number of rotatable bonds is 10. The van der Waals surface area contributed by atoms with E-state index in [9.17, 15) is 9.59 Å². The van der Waals surface area contributed by atoms with Gasteiger partial charge in [0, 0.05) is 36.3 Å². The lowest BCUT2D eigenvalue weighted by Crippen LogP contribution is -2.36. The smallest absolute Gasteiger partial charge is 0.322 e. The van der Waals surface area contributed by atoms with E-state index >= 15 is 0 Å². The Balaban J connectivity index is 1.56. The third-order valence-corrected chi connectivity index (χ3v) is 5.65. The number of halogens is 1. The van der Waals surface area contributed by atoms with Gasteiger partial charge >= 0.3 is 6.03 Å². The van der Waals surface area contributed by atoms with Crippen LogP contribution in [0.25, 0.3) is 0 Å². The number of hydrogen-bond acceptors (Lipinski definition) is 5. The molecule has 3 aromatic rings. The Kier molecular flexibility index (Phi) is 9.03. The predicted octanol–water partition coefficient (Wildman–Crippen LogP) is 4.45. The number of carbonyl (C=O) groups is 2. The number of nitrogens with zero attached hydrogens (tertiary/aromatic N) is 2. The summed E-state index contributed by atoms with van der Waals surface area (Å²) < 4.78 is 5.13. The Bertz CT molecular complexity index is 1030. The Morgan fingerprint density at radius 3 is 2.72 bits per heavy atom. The lowest BCUT2D eigenvalue weighted by Gasteiger charge is -2.21. The zero-order chi connectivity index (χ0) is 22.8. The van der Waals surface area contributed by atoms with Gasteiger partial charge in [0.15, 0.2) is 0 Å². The fourth-order valence-corrected chi connectivity index (χ4v) is 3.91. The van der Waals surface area contributed by atoms with Crippen LogP contribution in [-0.4, -0.2) is 48.6 Å². The maximum atomic E-state index is 12.8. The van der Waals surface area contributed by atoms with Crippen LogP contribution < -0.4 is 10.6 Å². The number of aromatic nitrogens is 1. The number of ether oxygens (including phenoxy) is 1. The molecule has 0 saturated heterocycles. The van der Waals surface area contributed by atoms with Crippen molar-refractivity contribution in [3.8, 4) is 0 Å². The van der Waals surface area contributed by atoms with Crippen molar-refractivity contribution in [3.63, 3.8) is 0 Å². The molecule has 1 heterocycles. The van der Waals surface area contributed by atoms with Crippen molar-refractivity contribution in [3.05, 3.63) is 81.3 Å². The number of hydrogen-bond donors (Lipinski definition) is 2. The van der Waals surface area contributed by atoms with Crippen molar-refractivity contribution in [2.75, 3.05) is 32.1 Å². The van der Waals surface area contributed by atoms with E-state index in [4.69, 9.17) is 16.3 Å². The molecule has 0 spiro atoms. The second-order valence-electron chi connectivity index (χ2n) is 6.97. The number of carbonyl (C=O) groups excluding carboxylic acids is 2. The van der Waals surface area contributed by atoms with Gasteiger partial charge in [0.25, 0.3) is 5.91 Å². The van der Waals surface area contributed by atoms with Crippen LogP contribution in [0.2, 0.25) is 5.02 Å². The minimum atomic E-state index is -0.298. The summed E-state index contributed by atoms with van der Waals surface area (Å²) in [6, 6.07) is 16.6. The van der Waals surface area contributed by atoms with Crippen LogP contribution in [0, 0.1) is 0 Å². The van der Waals surface area contributed by atoms with E-state index in [-0.39, 0.29) is 18.5 Å². The van der Waals surface area contributed by atoms with E-state index in [1.807, 2.05) is 30.3 Å². The summed E-state index contributed by atoms with van der Waals surface area (Å²) in [4.78, 5) is 31.2. The molecule has 0 aliphatic rings. The molecule has 168 valence electrons. The zero-order valence-electron chi connectivity index (χ0n) is 17.7. The average Bonchev–Trinajstić information content (AvgIpc) is 3.26. The summed E-state index contributed by atoms with van der Waals surface area (Å²) in [7, 11) is 1.58. The maximum Gasteiger partial charge on any atom is 0.322 e. The molecule has 1 aromatic heterocycles. The Morgan fingerprint density at radius 1 is 1.16 bits per heavy atom. The summed E-state index contributed by atoms with van der Waals surface area (Å²) in [6.07, 6.45) is 0.748. The van der Waals surface area contributed by atoms with Crippen molar-refractivity contribution in [1.82, 2.24) is 15.2 Å². The van der Waals surface area contributed by atoms with E-state index in [0.717, 1.165) is 12.0 Å². The van der Waals surface area contributed by atoms with Crippen LogP contribution in [0.5, 0.6) is 0 Å². The topological polar surface area (TPSA) is 83.6 Å². The van der Waals surface area contributed by atoms with E-state index in [1.54, 1.807) is 41.7 Å². The molecule has 32 heavy (non-hydrogen) atoms. The van der Waals surface area contributed by atoms with E-state index in [1.165, 1.54) is 11.3 Å². The van der Waals surface area contributed by atoms with E-state index in [2.05, 4.69) is 15.6 Å². The number of urea groups is 1. The molecule has 2 N–H and O–H groups in total. The standard InChI is InChI=1S/C23H25ClN4O3S/c1-31-13-12-28(23(30)26-19-9-5-8-18(24)14-19)15-21-27-20(16-32-21)22(29)25-11-10-17-6-3-2-4-7-17/h2-9,14,16H,10-13,15H2,1H3,(H,25,29)(H,26,30). The number of methoxy groups -OCH3 is 1. The molecule has 0 bridgehead atoms. The highest BCUT2D eigenvalue weighted by molar-refractivity contribution is 7.09. The third-order valence-electron chi connectivity index (χ3n) is 4.58. The second kappa shape index (κ2) is 12.2. The molecule has 0 radical (unpaired) electrons. The van der Waals surface area contributed by atoms with Crippen LogP contribution in [0.15, 0.2) is 60.0 Å². The fraction of sp³-hybridized carbons (Fsp3) is 0.261. The first-order chi connectivity index (χ1) is 15.5. The first-order valence-electron chi connectivity index (χ1n) is 10.1. The Morgan fingerprint density at radius 2 is 1.97 bits per heavy atom. The Labute approximate surface area is 196 Å². The molecule has 3 amide bonds. The minimum absolute atomic E-state index is 0.227. The van der Waals surface area contributed by atoms with Crippen molar-refractivity contribution >= 4 is 40.6 Å². The number of amides is 3. The number of nitrogens with one attached hydrogen (secondary N) is 2. The van der Waals surface area contributed by atoms with Crippen LogP contribution >= 0.6 is 22.9 Å². The van der Waals surface area contributed by atoms with Crippen LogP contribution in [0.3, 0.4) is 0 Å². The highest BCUT2D eigenvalue weighted by Gasteiger charge is 2.18. The van der Waals surface area contributed by atoms with Gasteiger partial charge in [-0.2, -0.15) is 0 Å². The van der Waals surface area contributed by atoms with Gasteiger partial charge in [-0.05, 0) is 30.2 Å². The Hall–Kier alpha value is -2.94. The molecule has 9 heteroatoms. The van der Waals surface area contributed by atoms with Gasteiger partial charge in [-0.15, -0.1) is 11.3 Å². The molecule has 0 saturated carbocycles. The van der Waals surface area contributed by atoms with Crippen molar-refractivity contribution in [2.45, 2.75) is 13.0 Å². The molecule has 0 atom stereocenters. The van der Waals surface area contributed by atoms with Crippen molar-refractivity contribution in [1.29, 1.82) is 0 Å². The highest BCUT2D eigenvalue weighted by Crippen LogP contribution is 2.17. The molecule has 0 aliphatic carbocycles. The number of thiazole rings is 1. The minimum Gasteiger partial charge on any atom is -0.383 e. The summed E-state index contributed by atoms with van der Waals surface area (Å²) in [5.74, 6) is -0.227. The molecule has 7 nitrogen and oxygen atoms in total. The van der Waals surface area contributed by atoms with Crippen LogP contribution in [0.4, 0.5) is 10.5 Å². The lowest BCUT2D eigenvalue weighted by molar-refractivity contribution is 0.0949. The molecular weight excluding hydrogens is 448 g/mol. The summed E-state index contributed by atoms with van der Waals surface area (Å²) in [5.41, 5.74) is 2.11. The molecule has 0 fully saturated rings. The molecule has 0 unspecified atom stereocenters. The largest absolute Gasteiger partial charge is 0.383 e. The molecule has 3 rings (SSSR count). The zero-order valence-corrected chi connectivity index (χ0v) is 19.3. The number of benzene rings is 2. The van der Waals surface area contributed by atoms with Crippen molar-refractivity contribution in [2.24, 2.45) is 0 Å². The van der Waals surface area contributed by atoms with Gasteiger partial charge in [0.05, 0.1) is 13.2 Å². The first-order valence-corrected chi connectivity index (χ1v) is 11.4. The van der Waals surface area contributed by atoms with Crippen LogP contribution in [0.1, 0.15) is 21.1 Å². The monoisotopic (exact) mass is 472 g/mol. The lowest BCUT2D eigenvalue weighted by atomic mass is 10.1. The summed E-state index contributed by atoms with van der Waals surface area (Å²) in [5, 5.41) is 8.62. The predicted molar refractivity (Wildman–Crippen MR) is 127 cm³/mol. The first kappa shape index (κ1) is 23.7. The normalized spacial score (nSPS) is 10.6. The SMILES string of the molecule is COCCN(Cc1nc(C(=O)NCCc2ccccc2)cs1)C(=O)Nc1cccc(Cl)c1. The highest BCUT2D eigenvalue weighted by atomic mass is 35.5. The third kappa shape index (κ3) is 7.33. The van der Waals surface area contributed by atoms with Crippen molar-refractivity contribution < 1.29 is 14.3 Å². The fourth-order valence-electron chi connectivity index (χ4n) is 2.93. The summed E-state index contributed by atoms with van der Waals surface area (Å²) >= 11 is 7.33. The quantitative estimate of drug-likeness (QED) is 0.456. The number of anilines is 1. The molecule has 2 aromatic carbocycles. The van der Waals surface area contributed by atoms with Gasteiger partial charge in [-0.1, -0.05) is 48.0 Å². The average molecular weight is 473 g/mol. The molecular formula is C23H25ClN4O3S. The maximum absolute atomic E-state index is 12.8. The molecule has 0 aliphatic heterocycles. The van der Waals surface area contributed by atoms with Crippen LogP contribution in [-0.2, 0) is 17.7 Å². The second-order valence-corrected chi connectivity index (χ2v) is 8.35. The van der Waals surface area contributed by atoms with Gasteiger partial charge in [0.1, 0.15) is 10.7 Å². The van der Waals surface area contributed by atoms with Gasteiger partial charge < -0.3 is 20.3 Å².